The summed E-state index contributed by atoms with van der Waals surface area (Å²) in [7, 11) is 0. The van der Waals surface area contributed by atoms with Crippen LogP contribution < -0.4 is 10.9 Å². The number of fused-ring (bicyclic) bond motifs is 3. The summed E-state index contributed by atoms with van der Waals surface area (Å²) in [5.74, 6) is 0.563. The van der Waals surface area contributed by atoms with Crippen molar-refractivity contribution in [3.63, 3.8) is 0 Å². The number of amides is 1. The molecule has 0 radical (unpaired) electrons. The molecule has 2 aromatic heterocycles. The molecular weight excluding hydrogens is 429 g/mol. The summed E-state index contributed by atoms with van der Waals surface area (Å²) in [6.07, 6.45) is 0.163. The third-order valence-electron chi connectivity index (χ3n) is 5.02. The Bertz CT molecular complexity index is 1340. The van der Waals surface area contributed by atoms with Gasteiger partial charge >= 0.3 is 0 Å². The Morgan fingerprint density at radius 3 is 2.62 bits per heavy atom. The smallest absolute Gasteiger partial charge is 0.262 e. The summed E-state index contributed by atoms with van der Waals surface area (Å²) in [4.78, 5) is 25.4. The Hall–Kier alpha value is -3.20. The van der Waals surface area contributed by atoms with Crippen LogP contribution in [0.5, 0.6) is 0 Å². The highest BCUT2D eigenvalue weighted by Crippen LogP contribution is 2.25. The van der Waals surface area contributed by atoms with E-state index in [1.165, 1.54) is 28.5 Å². The molecule has 0 bridgehead atoms. The predicted octanol–water partition coefficient (Wildman–Crippen LogP) is 3.70. The molecule has 0 saturated heterocycles. The molecule has 0 aliphatic carbocycles. The maximum atomic E-state index is 13.3. The fraction of sp³-hybridized carbons (Fsp3) is 0.304. The van der Waals surface area contributed by atoms with Crippen molar-refractivity contribution < 1.29 is 9.18 Å². The Labute approximate surface area is 188 Å². The number of benzene rings is 2. The van der Waals surface area contributed by atoms with E-state index in [1.54, 1.807) is 12.1 Å². The fourth-order valence-corrected chi connectivity index (χ4v) is 4.43. The number of aryl methyl sites for hydroxylation is 2. The van der Waals surface area contributed by atoms with Crippen LogP contribution in [0.3, 0.4) is 0 Å². The molecule has 4 aromatic rings. The van der Waals surface area contributed by atoms with Crippen molar-refractivity contribution in [3.05, 3.63) is 69.8 Å². The van der Waals surface area contributed by atoms with Gasteiger partial charge in [-0.15, -0.1) is 10.2 Å². The van der Waals surface area contributed by atoms with E-state index in [0.29, 0.717) is 27.6 Å². The summed E-state index contributed by atoms with van der Waals surface area (Å²) in [5, 5.41) is 12.6. The third-order valence-corrected chi connectivity index (χ3v) is 6.02. The van der Waals surface area contributed by atoms with Gasteiger partial charge in [0.25, 0.3) is 5.56 Å². The third kappa shape index (κ3) is 4.52. The van der Waals surface area contributed by atoms with E-state index in [-0.39, 0.29) is 36.3 Å². The molecule has 9 heteroatoms. The Balaban J connectivity index is 1.75. The molecule has 166 valence electrons. The van der Waals surface area contributed by atoms with Crippen molar-refractivity contribution in [3.8, 4) is 0 Å². The standard InChI is InChI=1S/C23H24FN5O2S/c1-14(2)25-20(30)10-11-28-21(31)18-12-15(3)4-9-19(18)29-22(28)26-27-23(29)32-13-16-5-7-17(24)8-6-16/h4-9,12,14H,10-11,13H2,1-3H3,(H,25,30). The SMILES string of the molecule is Cc1ccc2c(c1)c(=O)n(CCC(=O)NC(C)C)c1nnc(SCc3ccc(F)cc3)n21. The number of hydrogen-bond donors (Lipinski definition) is 1. The zero-order valence-corrected chi connectivity index (χ0v) is 18.9. The van der Waals surface area contributed by atoms with Crippen LogP contribution in [0, 0.1) is 12.7 Å². The first-order chi connectivity index (χ1) is 15.3. The van der Waals surface area contributed by atoms with Gasteiger partial charge in [0.1, 0.15) is 5.82 Å². The molecule has 32 heavy (non-hydrogen) atoms. The fourth-order valence-electron chi connectivity index (χ4n) is 3.53. The summed E-state index contributed by atoms with van der Waals surface area (Å²) >= 11 is 1.45. The number of nitrogens with one attached hydrogen (secondary N) is 1. The number of thioether (sulfide) groups is 1. The molecule has 0 aliphatic heterocycles. The second kappa shape index (κ2) is 9.12. The van der Waals surface area contributed by atoms with Crippen molar-refractivity contribution in [2.45, 2.75) is 50.7 Å². The van der Waals surface area contributed by atoms with E-state index < -0.39 is 0 Å². The average Bonchev–Trinajstić information content (AvgIpc) is 3.16. The topological polar surface area (TPSA) is 81.3 Å². The van der Waals surface area contributed by atoms with Crippen molar-refractivity contribution >= 4 is 34.3 Å². The highest BCUT2D eigenvalue weighted by atomic mass is 32.2. The Morgan fingerprint density at radius 2 is 1.91 bits per heavy atom. The molecule has 2 heterocycles. The summed E-state index contributed by atoms with van der Waals surface area (Å²) < 4.78 is 16.6. The van der Waals surface area contributed by atoms with Gasteiger partial charge in [0.05, 0.1) is 10.9 Å². The van der Waals surface area contributed by atoms with E-state index in [1.807, 2.05) is 43.4 Å². The highest BCUT2D eigenvalue weighted by Gasteiger charge is 2.18. The highest BCUT2D eigenvalue weighted by molar-refractivity contribution is 7.98. The largest absolute Gasteiger partial charge is 0.354 e. The second-order valence-electron chi connectivity index (χ2n) is 7.98. The minimum absolute atomic E-state index is 0.0288. The van der Waals surface area contributed by atoms with Crippen LogP contribution in [0.4, 0.5) is 4.39 Å². The number of hydrogen-bond acceptors (Lipinski definition) is 5. The van der Waals surface area contributed by atoms with Crippen molar-refractivity contribution in [2.24, 2.45) is 0 Å². The molecule has 4 rings (SSSR count). The van der Waals surface area contributed by atoms with Crippen LogP contribution in [0.1, 0.15) is 31.4 Å². The first-order valence-electron chi connectivity index (χ1n) is 10.4. The van der Waals surface area contributed by atoms with Gasteiger partial charge in [-0.3, -0.25) is 18.6 Å². The maximum Gasteiger partial charge on any atom is 0.262 e. The maximum absolute atomic E-state index is 13.3. The molecule has 1 N–H and O–H groups in total. The van der Waals surface area contributed by atoms with E-state index in [9.17, 15) is 14.0 Å². The summed E-state index contributed by atoms with van der Waals surface area (Å²) in [6.45, 7) is 5.92. The van der Waals surface area contributed by atoms with Gasteiger partial charge in [0.2, 0.25) is 11.7 Å². The molecule has 7 nitrogen and oxygen atoms in total. The molecule has 0 atom stereocenters. The van der Waals surface area contributed by atoms with Crippen molar-refractivity contribution in [1.82, 2.24) is 24.5 Å². The summed E-state index contributed by atoms with van der Waals surface area (Å²) in [6, 6.07) is 12.0. The normalized spacial score (nSPS) is 11.5. The van der Waals surface area contributed by atoms with Gasteiger partial charge in [-0.05, 0) is 50.6 Å². The van der Waals surface area contributed by atoms with Gasteiger partial charge in [-0.2, -0.15) is 0 Å². The number of aromatic nitrogens is 4. The number of halogens is 1. The molecule has 0 aliphatic rings. The van der Waals surface area contributed by atoms with Crippen LogP contribution in [0.25, 0.3) is 16.7 Å². The number of carbonyl (C=O) groups is 1. The lowest BCUT2D eigenvalue weighted by atomic mass is 10.1. The zero-order chi connectivity index (χ0) is 22.8. The molecule has 0 fully saturated rings. The summed E-state index contributed by atoms with van der Waals surface area (Å²) in [5.41, 5.74) is 2.43. The van der Waals surface area contributed by atoms with Crippen LogP contribution in [0.15, 0.2) is 52.4 Å². The Morgan fingerprint density at radius 1 is 1.16 bits per heavy atom. The van der Waals surface area contributed by atoms with Crippen molar-refractivity contribution in [2.75, 3.05) is 0 Å². The first-order valence-corrected chi connectivity index (χ1v) is 11.4. The van der Waals surface area contributed by atoms with Crippen molar-refractivity contribution in [1.29, 1.82) is 0 Å². The number of nitrogens with zero attached hydrogens (tertiary/aromatic N) is 4. The van der Waals surface area contributed by atoms with E-state index in [4.69, 9.17) is 0 Å². The lowest BCUT2D eigenvalue weighted by Gasteiger charge is -2.13. The van der Waals surface area contributed by atoms with E-state index >= 15 is 0 Å². The van der Waals surface area contributed by atoms with E-state index in [0.717, 1.165) is 11.1 Å². The molecule has 2 aromatic carbocycles. The monoisotopic (exact) mass is 453 g/mol. The molecule has 0 saturated carbocycles. The Kier molecular flexibility index (Phi) is 6.27. The minimum Gasteiger partial charge on any atom is -0.354 e. The quantitative estimate of drug-likeness (QED) is 0.432. The van der Waals surface area contributed by atoms with Crippen LogP contribution >= 0.6 is 11.8 Å². The van der Waals surface area contributed by atoms with Gasteiger partial charge < -0.3 is 5.32 Å². The molecule has 1 amide bonds. The average molecular weight is 454 g/mol. The second-order valence-corrected chi connectivity index (χ2v) is 8.93. The van der Waals surface area contributed by atoms with Crippen LogP contribution in [0.2, 0.25) is 0 Å². The van der Waals surface area contributed by atoms with Crippen LogP contribution in [-0.4, -0.2) is 31.1 Å². The van der Waals surface area contributed by atoms with E-state index in [2.05, 4.69) is 15.5 Å². The lowest BCUT2D eigenvalue weighted by Crippen LogP contribution is -2.32. The van der Waals surface area contributed by atoms with Gasteiger partial charge in [0, 0.05) is 24.8 Å². The minimum atomic E-state index is -0.279. The molecular formula is C23H24FN5O2S. The zero-order valence-electron chi connectivity index (χ0n) is 18.1. The van der Waals surface area contributed by atoms with Gasteiger partial charge in [-0.1, -0.05) is 35.5 Å². The van der Waals surface area contributed by atoms with Gasteiger partial charge in [0.15, 0.2) is 5.16 Å². The van der Waals surface area contributed by atoms with Gasteiger partial charge in [-0.25, -0.2) is 4.39 Å². The number of carbonyl (C=O) groups excluding carboxylic acids is 1. The van der Waals surface area contributed by atoms with Crippen LogP contribution in [-0.2, 0) is 17.1 Å². The predicted molar refractivity (Wildman–Crippen MR) is 123 cm³/mol. The first kappa shape index (κ1) is 22.0. The number of rotatable bonds is 7. The molecule has 0 spiro atoms. The lowest BCUT2D eigenvalue weighted by molar-refractivity contribution is -0.121. The molecule has 0 unspecified atom stereocenters.